The van der Waals surface area contributed by atoms with Gasteiger partial charge in [0.15, 0.2) is 0 Å². The topological polar surface area (TPSA) is 17.1 Å². The van der Waals surface area contributed by atoms with E-state index in [9.17, 15) is 4.79 Å². The summed E-state index contributed by atoms with van der Waals surface area (Å²) in [5.41, 5.74) is 0.293. The molecule has 1 nitrogen and oxygen atoms in total. The lowest BCUT2D eigenvalue weighted by Crippen LogP contribution is -2.13. The van der Waals surface area contributed by atoms with E-state index in [0.717, 1.165) is 19.1 Å². The van der Waals surface area contributed by atoms with Crippen LogP contribution in [0.1, 0.15) is 40.5 Å². The summed E-state index contributed by atoms with van der Waals surface area (Å²) in [5.74, 6) is 0.264. The Morgan fingerprint density at radius 1 is 1.40 bits per heavy atom. The average molecular weight is 142 g/mol. The molecule has 0 aromatic heterocycles. The second-order valence-corrected chi connectivity index (χ2v) is 4.07. The van der Waals surface area contributed by atoms with Crippen molar-refractivity contribution in [2.75, 3.05) is 0 Å². The Morgan fingerprint density at radius 3 is 2.00 bits per heavy atom. The molecule has 0 aliphatic heterocycles. The highest BCUT2D eigenvalue weighted by Gasteiger charge is 2.16. The molecule has 0 radical (unpaired) electrons. The van der Waals surface area contributed by atoms with E-state index < -0.39 is 0 Å². The maximum atomic E-state index is 10.4. The van der Waals surface area contributed by atoms with Crippen molar-refractivity contribution in [3.8, 4) is 0 Å². The monoisotopic (exact) mass is 142 g/mol. The first kappa shape index (κ1) is 9.67. The molecule has 0 saturated carbocycles. The Labute approximate surface area is 63.8 Å². The van der Waals surface area contributed by atoms with Crippen LogP contribution in [0.15, 0.2) is 0 Å². The molecule has 0 aromatic carbocycles. The fourth-order valence-corrected chi connectivity index (χ4v) is 1.08. The smallest absolute Gasteiger partial charge is 0.123 e. The molecule has 0 rings (SSSR count). The second kappa shape index (κ2) is 3.75. The average Bonchev–Trinajstić information content (AvgIpc) is 1.81. The summed E-state index contributed by atoms with van der Waals surface area (Å²) >= 11 is 0. The van der Waals surface area contributed by atoms with Gasteiger partial charge in [-0.2, -0.15) is 0 Å². The molecule has 0 bridgehead atoms. The van der Waals surface area contributed by atoms with E-state index in [1.165, 1.54) is 0 Å². The van der Waals surface area contributed by atoms with Crippen molar-refractivity contribution in [2.45, 2.75) is 40.5 Å². The number of rotatable bonds is 3. The molecule has 10 heavy (non-hydrogen) atoms. The molecule has 0 amide bonds. The molecule has 1 unspecified atom stereocenters. The number of hydrogen-bond donors (Lipinski definition) is 0. The summed E-state index contributed by atoms with van der Waals surface area (Å²) in [6.45, 7) is 8.56. The Balaban J connectivity index is 3.74. The first-order chi connectivity index (χ1) is 4.49. The lowest BCUT2D eigenvalue weighted by Gasteiger charge is -2.21. The van der Waals surface area contributed by atoms with Gasteiger partial charge in [-0.05, 0) is 18.3 Å². The maximum Gasteiger partial charge on any atom is 0.123 e. The van der Waals surface area contributed by atoms with Crippen molar-refractivity contribution < 1.29 is 4.79 Å². The summed E-state index contributed by atoms with van der Waals surface area (Å²) in [5, 5.41) is 0. The second-order valence-electron chi connectivity index (χ2n) is 4.07. The van der Waals surface area contributed by atoms with E-state index >= 15 is 0 Å². The van der Waals surface area contributed by atoms with Gasteiger partial charge < -0.3 is 4.79 Å². The van der Waals surface area contributed by atoms with Gasteiger partial charge in [-0.25, -0.2) is 0 Å². The predicted molar refractivity (Wildman–Crippen MR) is 43.9 cm³/mol. The standard InChI is InChI=1S/C9H18O/c1-5-8(7-10)6-9(2,3)4/h7-8H,5-6H2,1-4H3. The van der Waals surface area contributed by atoms with Crippen molar-refractivity contribution >= 4 is 6.29 Å². The van der Waals surface area contributed by atoms with Gasteiger partial charge in [0.25, 0.3) is 0 Å². The summed E-state index contributed by atoms with van der Waals surface area (Å²) in [6, 6.07) is 0. The third-order valence-corrected chi connectivity index (χ3v) is 1.59. The summed E-state index contributed by atoms with van der Waals surface area (Å²) in [6.07, 6.45) is 3.05. The Hall–Kier alpha value is -0.330. The largest absolute Gasteiger partial charge is 0.303 e. The lowest BCUT2D eigenvalue weighted by molar-refractivity contribution is -0.112. The number of hydrogen-bond acceptors (Lipinski definition) is 1. The molecule has 0 spiro atoms. The van der Waals surface area contributed by atoms with E-state index in [-0.39, 0.29) is 5.92 Å². The van der Waals surface area contributed by atoms with E-state index in [0.29, 0.717) is 5.41 Å². The Kier molecular flexibility index (Phi) is 3.62. The molecule has 0 heterocycles. The molecule has 0 saturated heterocycles. The van der Waals surface area contributed by atoms with E-state index in [1.807, 2.05) is 0 Å². The SMILES string of the molecule is CCC(C=O)CC(C)(C)C. The van der Waals surface area contributed by atoms with Gasteiger partial charge in [0.05, 0.1) is 0 Å². The molecule has 60 valence electrons. The molecule has 1 heteroatoms. The van der Waals surface area contributed by atoms with Gasteiger partial charge in [0, 0.05) is 5.92 Å². The first-order valence-corrected chi connectivity index (χ1v) is 3.95. The fraction of sp³-hybridized carbons (Fsp3) is 0.889. The zero-order valence-corrected chi connectivity index (χ0v) is 7.48. The minimum absolute atomic E-state index is 0.264. The first-order valence-electron chi connectivity index (χ1n) is 3.95. The van der Waals surface area contributed by atoms with Gasteiger partial charge in [0.2, 0.25) is 0 Å². The van der Waals surface area contributed by atoms with Crippen LogP contribution < -0.4 is 0 Å². The third-order valence-electron chi connectivity index (χ3n) is 1.59. The Bertz CT molecular complexity index is 99.8. The van der Waals surface area contributed by atoms with Crippen LogP contribution in [0.4, 0.5) is 0 Å². The minimum Gasteiger partial charge on any atom is -0.303 e. The van der Waals surface area contributed by atoms with Gasteiger partial charge in [-0.15, -0.1) is 0 Å². The van der Waals surface area contributed by atoms with E-state index in [4.69, 9.17) is 0 Å². The highest BCUT2D eigenvalue weighted by molar-refractivity contribution is 5.53. The van der Waals surface area contributed by atoms with Gasteiger partial charge in [-0.1, -0.05) is 27.7 Å². The van der Waals surface area contributed by atoms with E-state index in [1.54, 1.807) is 0 Å². The summed E-state index contributed by atoms with van der Waals surface area (Å²) < 4.78 is 0. The predicted octanol–water partition coefficient (Wildman–Crippen LogP) is 2.65. The van der Waals surface area contributed by atoms with Gasteiger partial charge in [-0.3, -0.25) is 0 Å². The number of carbonyl (C=O) groups is 1. The molecular formula is C9H18O. The van der Waals surface area contributed by atoms with Crippen molar-refractivity contribution in [3.05, 3.63) is 0 Å². The number of aldehydes is 1. The lowest BCUT2D eigenvalue weighted by atomic mass is 9.84. The molecule has 0 fully saturated rings. The molecule has 0 aromatic rings. The van der Waals surface area contributed by atoms with E-state index in [2.05, 4.69) is 27.7 Å². The van der Waals surface area contributed by atoms with Crippen LogP contribution in [0.5, 0.6) is 0 Å². The van der Waals surface area contributed by atoms with Crippen LogP contribution in [-0.2, 0) is 4.79 Å². The zero-order chi connectivity index (χ0) is 8.20. The van der Waals surface area contributed by atoms with Crippen molar-refractivity contribution in [3.63, 3.8) is 0 Å². The molecular weight excluding hydrogens is 124 g/mol. The third kappa shape index (κ3) is 4.54. The normalized spacial score (nSPS) is 14.8. The van der Waals surface area contributed by atoms with Gasteiger partial charge in [0.1, 0.15) is 6.29 Å². The maximum absolute atomic E-state index is 10.4. The quantitative estimate of drug-likeness (QED) is 0.554. The van der Waals surface area contributed by atoms with Crippen LogP contribution >= 0.6 is 0 Å². The zero-order valence-electron chi connectivity index (χ0n) is 7.48. The summed E-state index contributed by atoms with van der Waals surface area (Å²) in [7, 11) is 0. The minimum atomic E-state index is 0.264. The van der Waals surface area contributed by atoms with Crippen LogP contribution in [0.2, 0.25) is 0 Å². The van der Waals surface area contributed by atoms with Crippen LogP contribution in [0.3, 0.4) is 0 Å². The van der Waals surface area contributed by atoms with Crippen molar-refractivity contribution in [2.24, 2.45) is 11.3 Å². The molecule has 0 aliphatic carbocycles. The summed E-state index contributed by atoms with van der Waals surface area (Å²) in [4.78, 5) is 10.4. The van der Waals surface area contributed by atoms with Crippen molar-refractivity contribution in [1.29, 1.82) is 0 Å². The van der Waals surface area contributed by atoms with Crippen molar-refractivity contribution in [1.82, 2.24) is 0 Å². The van der Waals surface area contributed by atoms with Gasteiger partial charge >= 0.3 is 0 Å². The number of carbonyl (C=O) groups excluding carboxylic acids is 1. The Morgan fingerprint density at radius 2 is 1.90 bits per heavy atom. The fourth-order valence-electron chi connectivity index (χ4n) is 1.08. The highest BCUT2D eigenvalue weighted by Crippen LogP contribution is 2.24. The van der Waals surface area contributed by atoms with Crippen LogP contribution in [-0.4, -0.2) is 6.29 Å². The molecule has 1 atom stereocenters. The molecule has 0 N–H and O–H groups in total. The van der Waals surface area contributed by atoms with Crippen LogP contribution in [0, 0.1) is 11.3 Å². The van der Waals surface area contributed by atoms with Crippen LogP contribution in [0.25, 0.3) is 0 Å². The highest BCUT2D eigenvalue weighted by atomic mass is 16.1. The molecule has 0 aliphatic rings.